The Bertz CT molecular complexity index is 3810. The molecule has 0 saturated heterocycles. The van der Waals surface area contributed by atoms with Crippen molar-refractivity contribution in [3.63, 3.8) is 0 Å². The van der Waals surface area contributed by atoms with E-state index in [0.29, 0.717) is 17.0 Å². The van der Waals surface area contributed by atoms with Gasteiger partial charge in [-0.2, -0.15) is 0 Å². The van der Waals surface area contributed by atoms with Crippen molar-refractivity contribution in [2.45, 2.75) is 0 Å². The van der Waals surface area contributed by atoms with Crippen LogP contribution in [-0.4, -0.2) is 0 Å². The number of furan rings is 1. The van der Waals surface area contributed by atoms with E-state index in [4.69, 9.17) is 9.15 Å². The minimum absolute atomic E-state index is 0.311. The molecule has 5 heteroatoms. The Labute approximate surface area is 374 Å². The van der Waals surface area contributed by atoms with Crippen LogP contribution in [0.4, 0.5) is 38.5 Å². The highest BCUT2D eigenvalue weighted by molar-refractivity contribution is 6.28. The molecule has 0 spiro atoms. The number of halogens is 1. The summed E-state index contributed by atoms with van der Waals surface area (Å²) < 4.78 is 31.3. The van der Waals surface area contributed by atoms with E-state index < -0.39 is 0 Å². The molecule has 11 aromatic carbocycles. The van der Waals surface area contributed by atoms with Gasteiger partial charge in [-0.05, 0) is 94.2 Å². The second-order valence-corrected chi connectivity index (χ2v) is 16.6. The van der Waals surface area contributed by atoms with Crippen LogP contribution in [0.5, 0.6) is 11.5 Å². The summed E-state index contributed by atoms with van der Waals surface area (Å²) in [5, 5.41) is 8.44. The zero-order valence-corrected chi connectivity index (χ0v) is 35.0. The number of anilines is 6. The topological polar surface area (TPSA) is 28.9 Å². The van der Waals surface area contributed by atoms with Crippen LogP contribution < -0.4 is 14.5 Å². The van der Waals surface area contributed by atoms with Crippen molar-refractivity contribution in [2.75, 3.05) is 9.80 Å². The third kappa shape index (κ3) is 5.90. The third-order valence-electron chi connectivity index (χ3n) is 12.8. The molecule has 0 atom stereocenters. The lowest BCUT2D eigenvalue weighted by molar-refractivity contribution is 0.493. The molecule has 13 rings (SSSR count). The molecule has 12 aromatic rings. The van der Waals surface area contributed by atoms with E-state index in [0.717, 1.165) is 105 Å². The van der Waals surface area contributed by atoms with Crippen LogP contribution in [-0.2, 0) is 0 Å². The number of para-hydroxylation sites is 4. The highest BCUT2D eigenvalue weighted by Crippen LogP contribution is 2.54. The predicted octanol–water partition coefficient (Wildman–Crippen LogP) is 17.6. The van der Waals surface area contributed by atoms with Gasteiger partial charge in [-0.25, -0.2) is 4.39 Å². The van der Waals surface area contributed by atoms with Gasteiger partial charge in [0.25, 0.3) is 0 Å². The molecule has 0 aliphatic carbocycles. The fraction of sp³-hybridized carbons (Fsp3) is 0. The summed E-state index contributed by atoms with van der Waals surface area (Å²) in [5.41, 5.74) is 9.93. The van der Waals surface area contributed by atoms with Crippen LogP contribution in [0.3, 0.4) is 0 Å². The summed E-state index contributed by atoms with van der Waals surface area (Å²) in [7, 11) is 0. The predicted molar refractivity (Wildman–Crippen MR) is 267 cm³/mol. The summed E-state index contributed by atoms with van der Waals surface area (Å²) in [6, 6.07) is 76.2. The minimum Gasteiger partial charge on any atom is -0.456 e. The van der Waals surface area contributed by atoms with Crippen LogP contribution >= 0.6 is 0 Å². The van der Waals surface area contributed by atoms with Crippen molar-refractivity contribution in [1.82, 2.24) is 0 Å². The molecule has 0 N–H and O–H groups in total. The molecule has 306 valence electrons. The van der Waals surface area contributed by atoms with Gasteiger partial charge in [-0.1, -0.05) is 152 Å². The lowest BCUT2D eigenvalue weighted by atomic mass is 9.91. The van der Waals surface area contributed by atoms with Gasteiger partial charge in [-0.3, -0.25) is 0 Å². The quantitative estimate of drug-likeness (QED) is 0.143. The molecule has 0 bridgehead atoms. The second-order valence-electron chi connectivity index (χ2n) is 16.6. The molecule has 0 fully saturated rings. The maximum atomic E-state index is 17.5. The van der Waals surface area contributed by atoms with E-state index >= 15 is 4.39 Å². The van der Waals surface area contributed by atoms with E-state index in [9.17, 15) is 0 Å². The SMILES string of the molecule is Fc1c(-c2ccccc2)cc(-c2ccccc2)cc1N(c1ccccc1)c1cc2c3c(ccc4cc(N(c5ccccc5)c5cccc6c5oc5ccccc56)c5cccc(c5c43)O2)c1. The summed E-state index contributed by atoms with van der Waals surface area (Å²) >= 11 is 0. The number of benzene rings is 11. The van der Waals surface area contributed by atoms with Crippen LogP contribution in [0, 0.1) is 5.82 Å². The van der Waals surface area contributed by atoms with E-state index in [1.54, 1.807) is 0 Å². The van der Waals surface area contributed by atoms with Gasteiger partial charge in [-0.15, -0.1) is 0 Å². The lowest BCUT2D eigenvalue weighted by Gasteiger charge is -2.30. The summed E-state index contributed by atoms with van der Waals surface area (Å²) in [6.07, 6.45) is 0. The molecule has 0 unspecified atom stereocenters. The maximum absolute atomic E-state index is 17.5. The summed E-state index contributed by atoms with van der Waals surface area (Å²) in [4.78, 5) is 4.33. The van der Waals surface area contributed by atoms with Gasteiger partial charge in [0.15, 0.2) is 11.4 Å². The zero-order chi connectivity index (χ0) is 43.0. The van der Waals surface area contributed by atoms with Gasteiger partial charge < -0.3 is 19.0 Å². The standard InChI is InChI=1S/C60H37FN2O2/c61-59-49(39-19-7-2-8-20-39)34-42(38-17-5-1-6-18-38)36-52(59)62(43-21-9-3-10-22-43)45-33-40-31-32-41-35-51(48-27-16-30-54-58(48)57(41)56(40)55(37-45)64-54)63(44-23-11-4-12-24-44)50-28-15-26-47-46-25-13-14-29-53(46)65-60(47)50/h1-37H. The monoisotopic (exact) mass is 836 g/mol. The van der Waals surface area contributed by atoms with Crippen LogP contribution in [0.15, 0.2) is 229 Å². The Morgan fingerprint density at radius 3 is 1.72 bits per heavy atom. The molecule has 2 heterocycles. The Balaban J connectivity index is 1.04. The lowest BCUT2D eigenvalue weighted by Crippen LogP contribution is -2.13. The van der Waals surface area contributed by atoms with Crippen molar-refractivity contribution in [2.24, 2.45) is 0 Å². The molecular weight excluding hydrogens is 800 g/mol. The summed E-state index contributed by atoms with van der Waals surface area (Å²) in [5.74, 6) is 1.16. The largest absolute Gasteiger partial charge is 0.456 e. The van der Waals surface area contributed by atoms with E-state index in [-0.39, 0.29) is 5.82 Å². The molecule has 65 heavy (non-hydrogen) atoms. The number of ether oxygens (including phenoxy) is 1. The fourth-order valence-electron chi connectivity index (χ4n) is 9.94. The summed E-state index contributed by atoms with van der Waals surface area (Å²) in [6.45, 7) is 0. The average molecular weight is 837 g/mol. The third-order valence-corrected chi connectivity index (χ3v) is 12.8. The molecule has 1 aliphatic rings. The first-order chi connectivity index (χ1) is 32.2. The Kier molecular flexibility index (Phi) is 8.36. The van der Waals surface area contributed by atoms with Crippen LogP contribution in [0.1, 0.15) is 0 Å². The van der Waals surface area contributed by atoms with Crippen molar-refractivity contribution in [3.05, 3.63) is 230 Å². The maximum Gasteiger partial charge on any atom is 0.159 e. The first-order valence-electron chi connectivity index (χ1n) is 21.9. The van der Waals surface area contributed by atoms with Crippen molar-refractivity contribution < 1.29 is 13.5 Å². The first-order valence-corrected chi connectivity index (χ1v) is 21.9. The van der Waals surface area contributed by atoms with Gasteiger partial charge in [0, 0.05) is 55.3 Å². The molecule has 1 aromatic heterocycles. The second kappa shape index (κ2) is 14.7. The van der Waals surface area contributed by atoms with E-state index in [1.807, 2.05) is 114 Å². The molecule has 0 saturated carbocycles. The number of fused-ring (bicyclic) bond motifs is 3. The van der Waals surface area contributed by atoms with Crippen LogP contribution in [0.25, 0.3) is 76.5 Å². The van der Waals surface area contributed by atoms with Crippen molar-refractivity contribution >= 4 is 88.4 Å². The number of rotatable bonds is 8. The highest BCUT2D eigenvalue weighted by atomic mass is 19.1. The van der Waals surface area contributed by atoms with Gasteiger partial charge in [0.1, 0.15) is 17.1 Å². The van der Waals surface area contributed by atoms with Crippen LogP contribution in [0.2, 0.25) is 0 Å². The van der Waals surface area contributed by atoms with Gasteiger partial charge in [0.2, 0.25) is 0 Å². The number of hydrogen-bond donors (Lipinski definition) is 0. The normalized spacial score (nSPS) is 11.9. The Morgan fingerprint density at radius 2 is 0.969 bits per heavy atom. The van der Waals surface area contributed by atoms with E-state index in [2.05, 4.69) is 120 Å². The zero-order valence-electron chi connectivity index (χ0n) is 35.0. The smallest absolute Gasteiger partial charge is 0.159 e. The van der Waals surface area contributed by atoms with Crippen molar-refractivity contribution in [3.8, 4) is 33.8 Å². The highest BCUT2D eigenvalue weighted by Gasteiger charge is 2.28. The number of nitrogens with zero attached hydrogens (tertiary/aromatic N) is 2. The molecular formula is C60H37FN2O2. The minimum atomic E-state index is -0.311. The molecule has 0 radical (unpaired) electrons. The van der Waals surface area contributed by atoms with Crippen molar-refractivity contribution in [1.29, 1.82) is 0 Å². The molecule has 4 nitrogen and oxygen atoms in total. The average Bonchev–Trinajstić information content (AvgIpc) is 3.75. The molecule has 0 amide bonds. The molecule has 1 aliphatic heterocycles. The number of hydrogen-bond acceptors (Lipinski definition) is 4. The fourth-order valence-corrected chi connectivity index (χ4v) is 9.94. The van der Waals surface area contributed by atoms with Gasteiger partial charge in [0.05, 0.1) is 22.7 Å². The first kappa shape index (κ1) is 36.9. The Hall–Kier alpha value is -8.67. The van der Waals surface area contributed by atoms with Gasteiger partial charge >= 0.3 is 0 Å². The van der Waals surface area contributed by atoms with E-state index in [1.165, 1.54) is 0 Å². The Morgan fingerprint density at radius 1 is 0.354 bits per heavy atom.